The minimum Gasteiger partial charge on any atom is -0.340 e. The first-order valence-electron chi connectivity index (χ1n) is 8.32. The van der Waals surface area contributed by atoms with Crippen LogP contribution in [-0.4, -0.2) is 33.6 Å². The fraction of sp³-hybridized carbons (Fsp3) is 0.278. The summed E-state index contributed by atoms with van der Waals surface area (Å²) in [5.74, 6) is 0.693. The number of hydrogen-bond acceptors (Lipinski definition) is 4. The molecule has 0 aliphatic carbocycles. The van der Waals surface area contributed by atoms with Gasteiger partial charge in [-0.2, -0.15) is 0 Å². The average Bonchev–Trinajstić information content (AvgIpc) is 3.05. The van der Waals surface area contributed by atoms with E-state index in [0.29, 0.717) is 11.6 Å². The molecular formula is C18H18ClN5O. The SMILES string of the molecule is O=C(Nc1ccccc1)C1CCCN(c2nnc3ccc(Cl)cn23)C1. The fourth-order valence-electron chi connectivity index (χ4n) is 3.21. The Morgan fingerprint density at radius 3 is 2.84 bits per heavy atom. The van der Waals surface area contributed by atoms with Crippen LogP contribution < -0.4 is 10.2 Å². The predicted molar refractivity (Wildman–Crippen MR) is 98.0 cm³/mol. The maximum absolute atomic E-state index is 12.6. The van der Waals surface area contributed by atoms with Gasteiger partial charge in [-0.3, -0.25) is 9.20 Å². The lowest BCUT2D eigenvalue weighted by Crippen LogP contribution is -2.41. The third kappa shape index (κ3) is 3.30. The molecule has 0 bridgehead atoms. The van der Waals surface area contributed by atoms with E-state index < -0.39 is 0 Å². The molecule has 1 amide bonds. The molecule has 0 radical (unpaired) electrons. The highest BCUT2D eigenvalue weighted by atomic mass is 35.5. The van der Waals surface area contributed by atoms with Crippen LogP contribution >= 0.6 is 11.6 Å². The molecule has 1 N–H and O–H groups in total. The van der Waals surface area contributed by atoms with E-state index in [1.807, 2.05) is 40.8 Å². The number of aromatic nitrogens is 3. The van der Waals surface area contributed by atoms with Crippen LogP contribution in [0.3, 0.4) is 0 Å². The minimum absolute atomic E-state index is 0.0442. The van der Waals surface area contributed by atoms with E-state index in [4.69, 9.17) is 11.6 Å². The summed E-state index contributed by atoms with van der Waals surface area (Å²) in [5.41, 5.74) is 1.57. The van der Waals surface area contributed by atoms with Crippen LogP contribution in [0.5, 0.6) is 0 Å². The van der Waals surface area contributed by atoms with Crippen LogP contribution in [0.4, 0.5) is 11.6 Å². The van der Waals surface area contributed by atoms with Crippen molar-refractivity contribution in [1.29, 1.82) is 0 Å². The lowest BCUT2D eigenvalue weighted by atomic mass is 9.97. The number of piperidine rings is 1. The van der Waals surface area contributed by atoms with Gasteiger partial charge >= 0.3 is 0 Å². The van der Waals surface area contributed by atoms with Crippen molar-refractivity contribution < 1.29 is 4.79 Å². The predicted octanol–water partition coefficient (Wildman–Crippen LogP) is 3.24. The third-order valence-corrected chi connectivity index (χ3v) is 4.69. The Morgan fingerprint density at radius 1 is 1.16 bits per heavy atom. The highest BCUT2D eigenvalue weighted by Gasteiger charge is 2.28. The zero-order chi connectivity index (χ0) is 17.2. The molecule has 1 fully saturated rings. The molecule has 1 aliphatic rings. The average molecular weight is 356 g/mol. The van der Waals surface area contributed by atoms with Gasteiger partial charge in [0.2, 0.25) is 11.9 Å². The number of halogens is 1. The fourth-order valence-corrected chi connectivity index (χ4v) is 3.37. The van der Waals surface area contributed by atoms with Crippen molar-refractivity contribution in [3.05, 3.63) is 53.7 Å². The number of anilines is 2. The maximum atomic E-state index is 12.6. The van der Waals surface area contributed by atoms with Crippen LogP contribution in [0.25, 0.3) is 5.65 Å². The number of rotatable bonds is 3. The van der Waals surface area contributed by atoms with Crippen molar-refractivity contribution in [1.82, 2.24) is 14.6 Å². The highest BCUT2D eigenvalue weighted by molar-refractivity contribution is 6.30. The number of nitrogens with one attached hydrogen (secondary N) is 1. The molecule has 128 valence electrons. The van der Waals surface area contributed by atoms with Crippen molar-refractivity contribution in [3.63, 3.8) is 0 Å². The quantitative estimate of drug-likeness (QED) is 0.783. The van der Waals surface area contributed by atoms with Gasteiger partial charge in [0, 0.05) is 25.0 Å². The molecule has 1 unspecified atom stereocenters. The van der Waals surface area contributed by atoms with Crippen LogP contribution in [-0.2, 0) is 4.79 Å². The number of carbonyl (C=O) groups is 1. The Balaban J connectivity index is 1.52. The van der Waals surface area contributed by atoms with Gasteiger partial charge in [-0.05, 0) is 37.1 Å². The smallest absolute Gasteiger partial charge is 0.231 e. The van der Waals surface area contributed by atoms with E-state index in [1.165, 1.54) is 0 Å². The van der Waals surface area contributed by atoms with Crippen molar-refractivity contribution in [2.24, 2.45) is 5.92 Å². The lowest BCUT2D eigenvalue weighted by molar-refractivity contribution is -0.120. The second-order valence-corrected chi connectivity index (χ2v) is 6.65. The van der Waals surface area contributed by atoms with Gasteiger partial charge in [0.25, 0.3) is 0 Å². The van der Waals surface area contributed by atoms with Gasteiger partial charge in [0.05, 0.1) is 10.9 Å². The van der Waals surface area contributed by atoms with Gasteiger partial charge in [-0.15, -0.1) is 10.2 Å². The number of amides is 1. The molecule has 1 aliphatic heterocycles. The Bertz CT molecular complexity index is 895. The van der Waals surface area contributed by atoms with E-state index in [-0.39, 0.29) is 11.8 Å². The highest BCUT2D eigenvalue weighted by Crippen LogP contribution is 2.24. The number of fused-ring (bicyclic) bond motifs is 1. The number of nitrogens with zero attached hydrogens (tertiary/aromatic N) is 4. The summed E-state index contributed by atoms with van der Waals surface area (Å²) in [5, 5.41) is 12.1. The first kappa shape index (κ1) is 15.9. The molecule has 0 spiro atoms. The molecule has 4 rings (SSSR count). The molecule has 3 aromatic rings. The molecular weight excluding hydrogens is 338 g/mol. The van der Waals surface area contributed by atoms with Crippen LogP contribution in [0.15, 0.2) is 48.7 Å². The minimum atomic E-state index is -0.0829. The third-order valence-electron chi connectivity index (χ3n) is 4.46. The topological polar surface area (TPSA) is 62.5 Å². The number of carbonyl (C=O) groups excluding carboxylic acids is 1. The Morgan fingerprint density at radius 2 is 2.00 bits per heavy atom. The summed E-state index contributed by atoms with van der Waals surface area (Å²) in [4.78, 5) is 14.7. The first-order chi connectivity index (χ1) is 12.2. The number of pyridine rings is 1. The first-order valence-corrected chi connectivity index (χ1v) is 8.69. The normalized spacial score (nSPS) is 17.6. The van der Waals surface area contributed by atoms with Gasteiger partial charge in [-0.25, -0.2) is 0 Å². The molecule has 3 heterocycles. The summed E-state index contributed by atoms with van der Waals surface area (Å²) in [6.45, 7) is 1.47. The summed E-state index contributed by atoms with van der Waals surface area (Å²) in [6.07, 6.45) is 3.61. The zero-order valence-electron chi connectivity index (χ0n) is 13.6. The van der Waals surface area contributed by atoms with Crippen LogP contribution in [0.2, 0.25) is 5.02 Å². The van der Waals surface area contributed by atoms with E-state index in [9.17, 15) is 4.79 Å². The van der Waals surface area contributed by atoms with Gasteiger partial charge in [0.1, 0.15) is 0 Å². The zero-order valence-corrected chi connectivity index (χ0v) is 14.4. The van der Waals surface area contributed by atoms with E-state index in [2.05, 4.69) is 20.4 Å². The summed E-state index contributed by atoms with van der Waals surface area (Å²) in [6, 6.07) is 13.2. The van der Waals surface area contributed by atoms with Crippen LogP contribution in [0.1, 0.15) is 12.8 Å². The van der Waals surface area contributed by atoms with Gasteiger partial charge in [-0.1, -0.05) is 29.8 Å². The summed E-state index contributed by atoms with van der Waals surface area (Å²) >= 11 is 6.10. The molecule has 2 aromatic heterocycles. The van der Waals surface area contributed by atoms with Gasteiger partial charge in [0.15, 0.2) is 5.65 Å². The Kier molecular flexibility index (Phi) is 4.28. The maximum Gasteiger partial charge on any atom is 0.231 e. The standard InChI is InChI=1S/C18H18ClN5O/c19-14-8-9-16-21-22-18(24(16)12-14)23-10-4-5-13(11-23)17(25)20-15-6-2-1-3-7-15/h1-3,6-9,12-13H,4-5,10-11H2,(H,20,25). The monoisotopic (exact) mass is 355 g/mol. The molecule has 0 saturated carbocycles. The molecule has 7 heteroatoms. The molecule has 1 atom stereocenters. The summed E-state index contributed by atoms with van der Waals surface area (Å²) in [7, 11) is 0. The number of para-hydroxylation sites is 1. The van der Waals surface area contributed by atoms with Gasteiger partial charge < -0.3 is 10.2 Å². The Hall–Kier alpha value is -2.60. The number of benzene rings is 1. The van der Waals surface area contributed by atoms with Crippen molar-refractivity contribution in [2.75, 3.05) is 23.3 Å². The second-order valence-electron chi connectivity index (χ2n) is 6.22. The van der Waals surface area contributed by atoms with Crippen LogP contribution in [0, 0.1) is 5.92 Å². The van der Waals surface area contributed by atoms with Crippen molar-refractivity contribution >= 4 is 34.8 Å². The molecule has 1 saturated heterocycles. The van der Waals surface area contributed by atoms with Crippen molar-refractivity contribution in [3.8, 4) is 0 Å². The van der Waals surface area contributed by atoms with E-state index >= 15 is 0 Å². The van der Waals surface area contributed by atoms with E-state index in [0.717, 1.165) is 36.7 Å². The lowest BCUT2D eigenvalue weighted by Gasteiger charge is -2.32. The largest absolute Gasteiger partial charge is 0.340 e. The van der Waals surface area contributed by atoms with Crippen molar-refractivity contribution in [2.45, 2.75) is 12.8 Å². The molecule has 6 nitrogen and oxygen atoms in total. The Labute approximate surface area is 150 Å². The van der Waals surface area contributed by atoms with E-state index in [1.54, 1.807) is 12.3 Å². The second kappa shape index (κ2) is 6.72. The molecule has 1 aromatic carbocycles. The number of hydrogen-bond donors (Lipinski definition) is 1. The summed E-state index contributed by atoms with van der Waals surface area (Å²) < 4.78 is 1.87. The molecule has 25 heavy (non-hydrogen) atoms.